The minimum absolute atomic E-state index is 0.202. The van der Waals surface area contributed by atoms with Crippen molar-refractivity contribution in [3.8, 4) is 0 Å². The van der Waals surface area contributed by atoms with Gasteiger partial charge >= 0.3 is 0 Å². The smallest absolute Gasteiger partial charge is 0.224 e. The first-order chi connectivity index (χ1) is 8.67. The lowest BCUT2D eigenvalue weighted by Crippen LogP contribution is -2.37. The van der Waals surface area contributed by atoms with E-state index in [1.54, 1.807) is 0 Å². The zero-order chi connectivity index (χ0) is 12.7. The van der Waals surface area contributed by atoms with Crippen molar-refractivity contribution in [1.82, 2.24) is 9.97 Å². The number of hydrogen-bond acceptors (Lipinski definition) is 5. The van der Waals surface area contributed by atoms with E-state index < -0.39 is 11.2 Å². The largest absolute Gasteiger partial charge is 0.611 e. The first kappa shape index (κ1) is 12.5. The number of fused-ring (bicyclic) bond motifs is 1. The lowest BCUT2D eigenvalue weighted by molar-refractivity contribution is 0.151. The van der Waals surface area contributed by atoms with Crippen molar-refractivity contribution < 1.29 is 9.66 Å². The molecule has 0 saturated heterocycles. The van der Waals surface area contributed by atoms with Gasteiger partial charge in [0.1, 0.15) is 11.4 Å². The highest BCUT2D eigenvalue weighted by molar-refractivity contribution is 7.91. The van der Waals surface area contributed by atoms with Crippen LogP contribution in [0.15, 0.2) is 4.90 Å². The fourth-order valence-corrected chi connectivity index (χ4v) is 3.96. The third-order valence-electron chi connectivity index (χ3n) is 3.50. The third kappa shape index (κ3) is 2.18. The second-order valence-corrected chi connectivity index (χ2v) is 6.62. The minimum Gasteiger partial charge on any atom is -0.611 e. The highest BCUT2D eigenvalue weighted by Gasteiger charge is 2.35. The third-order valence-corrected chi connectivity index (χ3v) is 5.12. The van der Waals surface area contributed by atoms with Gasteiger partial charge in [-0.05, 0) is 41.5 Å². The number of rotatable bonds is 3. The molecule has 2 N–H and O–H groups in total. The molecule has 1 aliphatic carbocycles. The lowest BCUT2D eigenvalue weighted by atomic mass is 9.81. The van der Waals surface area contributed by atoms with Crippen LogP contribution in [0.3, 0.4) is 0 Å². The zero-order valence-corrected chi connectivity index (χ0v) is 11.3. The van der Waals surface area contributed by atoms with Gasteiger partial charge in [0, 0.05) is 19.1 Å². The normalized spacial score (nSPS) is 29.8. The summed E-state index contributed by atoms with van der Waals surface area (Å²) in [5.74, 6) is 1.59. The number of nitrogens with one attached hydrogen (secondary N) is 1. The second-order valence-electron chi connectivity index (χ2n) is 4.78. The molecule has 7 heteroatoms. The van der Waals surface area contributed by atoms with Gasteiger partial charge < -0.3 is 15.0 Å². The number of aliphatic hydroxyl groups is 1. The molecule has 0 unspecified atom stereocenters. The van der Waals surface area contributed by atoms with E-state index in [9.17, 15) is 4.55 Å². The molecular formula is C11H14ClN3O2S. The maximum atomic E-state index is 11.9. The summed E-state index contributed by atoms with van der Waals surface area (Å²) >= 11 is 4.86. The van der Waals surface area contributed by atoms with Crippen LogP contribution in [-0.4, -0.2) is 38.0 Å². The van der Waals surface area contributed by atoms with Crippen LogP contribution >= 0.6 is 11.6 Å². The molecule has 2 heterocycles. The predicted molar refractivity (Wildman–Crippen MR) is 69.2 cm³/mol. The molecule has 1 aromatic rings. The van der Waals surface area contributed by atoms with E-state index in [4.69, 9.17) is 16.7 Å². The molecule has 1 aliphatic heterocycles. The Hall–Kier alpha value is -0.560. The molecule has 0 bridgehead atoms. The molecular weight excluding hydrogens is 274 g/mol. The van der Waals surface area contributed by atoms with Crippen LogP contribution in [0.25, 0.3) is 0 Å². The number of nitrogens with zero attached hydrogens (tertiary/aromatic N) is 2. The monoisotopic (exact) mass is 287 g/mol. The molecule has 0 amide bonds. The van der Waals surface area contributed by atoms with Crippen molar-refractivity contribution in [1.29, 1.82) is 0 Å². The molecule has 3 rings (SSSR count). The van der Waals surface area contributed by atoms with Crippen LogP contribution in [0.2, 0.25) is 5.28 Å². The molecule has 0 radical (unpaired) electrons. The number of anilines is 1. The molecule has 0 aromatic carbocycles. The van der Waals surface area contributed by atoms with E-state index in [0.29, 0.717) is 28.8 Å². The summed E-state index contributed by atoms with van der Waals surface area (Å²) in [5, 5.41) is 12.5. The van der Waals surface area contributed by atoms with Gasteiger partial charge in [0.15, 0.2) is 5.82 Å². The van der Waals surface area contributed by atoms with Crippen LogP contribution in [0.1, 0.15) is 18.5 Å². The Kier molecular flexibility index (Phi) is 3.36. The van der Waals surface area contributed by atoms with Gasteiger partial charge in [-0.25, -0.2) is 4.98 Å². The van der Waals surface area contributed by atoms with E-state index in [1.807, 2.05) is 0 Å². The van der Waals surface area contributed by atoms with E-state index in [0.717, 1.165) is 18.5 Å². The van der Waals surface area contributed by atoms with Crippen molar-refractivity contribution in [3.05, 3.63) is 11.0 Å². The van der Waals surface area contributed by atoms with Crippen LogP contribution < -0.4 is 5.32 Å². The summed E-state index contributed by atoms with van der Waals surface area (Å²) in [6.45, 7) is 0.229. The fourth-order valence-electron chi connectivity index (χ4n) is 2.46. The SMILES string of the molecule is [O-][S@+]1CCc2nc(Cl)nc(NC3CC(CO)C3)c21. The Morgan fingerprint density at radius 1 is 1.44 bits per heavy atom. The van der Waals surface area contributed by atoms with Gasteiger partial charge in [0.25, 0.3) is 0 Å². The van der Waals surface area contributed by atoms with Gasteiger partial charge in [0.2, 0.25) is 10.2 Å². The lowest BCUT2D eigenvalue weighted by Gasteiger charge is -2.35. The zero-order valence-electron chi connectivity index (χ0n) is 9.73. The van der Waals surface area contributed by atoms with Crippen molar-refractivity contribution >= 4 is 28.6 Å². The molecule has 98 valence electrons. The molecule has 5 nitrogen and oxygen atoms in total. The van der Waals surface area contributed by atoms with Gasteiger partial charge in [-0.1, -0.05) is 0 Å². The van der Waals surface area contributed by atoms with E-state index >= 15 is 0 Å². The van der Waals surface area contributed by atoms with E-state index in [-0.39, 0.29) is 17.9 Å². The van der Waals surface area contributed by atoms with E-state index in [2.05, 4.69) is 15.3 Å². The Morgan fingerprint density at radius 2 is 2.22 bits per heavy atom. The summed E-state index contributed by atoms with van der Waals surface area (Å²) in [7, 11) is 0. The summed E-state index contributed by atoms with van der Waals surface area (Å²) < 4.78 is 11.9. The molecule has 1 fully saturated rings. The minimum atomic E-state index is -1.02. The van der Waals surface area contributed by atoms with Gasteiger partial charge in [-0.3, -0.25) is 0 Å². The van der Waals surface area contributed by atoms with Crippen LogP contribution in [0.5, 0.6) is 0 Å². The van der Waals surface area contributed by atoms with Crippen molar-refractivity contribution in [2.75, 3.05) is 17.7 Å². The Bertz CT molecular complexity index is 468. The first-order valence-corrected chi connectivity index (χ1v) is 7.69. The maximum Gasteiger partial charge on any atom is 0.224 e. The Labute approximate surface area is 113 Å². The first-order valence-electron chi connectivity index (χ1n) is 5.99. The van der Waals surface area contributed by atoms with Crippen molar-refractivity contribution in [3.63, 3.8) is 0 Å². The summed E-state index contributed by atoms with van der Waals surface area (Å²) in [6.07, 6.45) is 2.53. The average molecular weight is 288 g/mol. The average Bonchev–Trinajstić information content (AvgIpc) is 2.64. The van der Waals surface area contributed by atoms with Crippen molar-refractivity contribution in [2.45, 2.75) is 30.2 Å². The standard InChI is InChI=1S/C11H14ClN3O2S/c12-11-14-8-1-2-18(17)9(8)10(15-11)13-7-3-6(4-7)5-16/h6-7,16H,1-5H2,(H,13,14,15)/t6?,7?,18-/m1/s1. The highest BCUT2D eigenvalue weighted by atomic mass is 35.5. The highest BCUT2D eigenvalue weighted by Crippen LogP contribution is 2.35. The van der Waals surface area contributed by atoms with Gasteiger partial charge in [-0.2, -0.15) is 4.98 Å². The van der Waals surface area contributed by atoms with Gasteiger partial charge in [-0.15, -0.1) is 0 Å². The number of aryl methyl sites for hydroxylation is 1. The number of aliphatic hydroxyl groups excluding tert-OH is 1. The van der Waals surface area contributed by atoms with Crippen LogP contribution in [0.4, 0.5) is 5.82 Å². The molecule has 1 saturated carbocycles. The van der Waals surface area contributed by atoms with Crippen LogP contribution in [0, 0.1) is 5.92 Å². The number of halogens is 1. The maximum absolute atomic E-state index is 11.9. The summed E-state index contributed by atoms with van der Waals surface area (Å²) in [4.78, 5) is 9.00. The summed E-state index contributed by atoms with van der Waals surface area (Å²) in [5.41, 5.74) is 0.800. The molecule has 18 heavy (non-hydrogen) atoms. The Morgan fingerprint density at radius 3 is 2.94 bits per heavy atom. The topological polar surface area (TPSA) is 81.1 Å². The predicted octanol–water partition coefficient (Wildman–Crippen LogP) is 0.976. The van der Waals surface area contributed by atoms with Crippen molar-refractivity contribution in [2.24, 2.45) is 5.92 Å². The molecule has 0 spiro atoms. The molecule has 1 atom stereocenters. The molecule has 1 aromatic heterocycles. The molecule has 2 aliphatic rings. The number of aromatic nitrogens is 2. The van der Waals surface area contributed by atoms with E-state index in [1.165, 1.54) is 0 Å². The Balaban J connectivity index is 1.80. The van der Waals surface area contributed by atoms with Crippen LogP contribution in [-0.2, 0) is 17.6 Å². The fraction of sp³-hybridized carbons (Fsp3) is 0.636. The quantitative estimate of drug-likeness (QED) is 0.640. The second kappa shape index (κ2) is 4.85. The summed E-state index contributed by atoms with van der Waals surface area (Å²) in [6, 6.07) is 0.287. The van der Waals surface area contributed by atoms with Gasteiger partial charge in [0.05, 0.1) is 0 Å². The number of hydrogen-bond donors (Lipinski definition) is 2.